The summed E-state index contributed by atoms with van der Waals surface area (Å²) in [5, 5.41) is 5.17. The molecule has 0 unspecified atom stereocenters. The summed E-state index contributed by atoms with van der Waals surface area (Å²) >= 11 is 0. The van der Waals surface area contributed by atoms with Gasteiger partial charge < -0.3 is 24.8 Å². The van der Waals surface area contributed by atoms with Crippen LogP contribution in [0.15, 0.2) is 42.1 Å². The minimum absolute atomic E-state index is 0.0456. The molecule has 2 aromatic rings. The van der Waals surface area contributed by atoms with Gasteiger partial charge in [0.15, 0.2) is 11.5 Å². The number of ether oxygens (including phenoxy) is 3. The molecule has 9 nitrogen and oxygen atoms in total. The molecule has 0 atom stereocenters. The highest BCUT2D eigenvalue weighted by molar-refractivity contribution is 6.16. The number of nitrogens with zero attached hydrogens (tertiary/aromatic N) is 1. The lowest BCUT2D eigenvalue weighted by Gasteiger charge is -2.12. The van der Waals surface area contributed by atoms with Gasteiger partial charge in [-0.1, -0.05) is 12.1 Å². The van der Waals surface area contributed by atoms with E-state index >= 15 is 0 Å². The first-order valence-corrected chi connectivity index (χ1v) is 9.13. The van der Waals surface area contributed by atoms with Crippen LogP contribution in [0.4, 0.5) is 10.5 Å². The Morgan fingerprint density at radius 3 is 2.87 bits per heavy atom. The molecule has 30 heavy (non-hydrogen) atoms. The van der Waals surface area contributed by atoms with Crippen LogP contribution >= 0.6 is 0 Å². The molecule has 4 amide bonds. The Balaban J connectivity index is 1.49. The summed E-state index contributed by atoms with van der Waals surface area (Å²) in [6, 6.07) is 9.89. The monoisotopic (exact) mass is 409 g/mol. The Morgan fingerprint density at radius 1 is 1.27 bits per heavy atom. The van der Waals surface area contributed by atoms with Crippen molar-refractivity contribution in [3.8, 4) is 17.2 Å². The maximum atomic E-state index is 12.7. The van der Waals surface area contributed by atoms with E-state index in [1.54, 1.807) is 30.3 Å². The van der Waals surface area contributed by atoms with E-state index in [9.17, 15) is 14.4 Å². The molecule has 154 valence electrons. The number of hydrogen-bond acceptors (Lipinski definition) is 6. The van der Waals surface area contributed by atoms with Crippen molar-refractivity contribution in [1.82, 2.24) is 10.2 Å². The van der Waals surface area contributed by atoms with E-state index in [1.165, 1.54) is 13.2 Å². The molecule has 4 rings (SSSR count). The van der Waals surface area contributed by atoms with Crippen LogP contribution in [0.5, 0.6) is 17.2 Å². The molecule has 2 heterocycles. The Kier molecular flexibility index (Phi) is 5.01. The van der Waals surface area contributed by atoms with Gasteiger partial charge in [-0.05, 0) is 48.4 Å². The zero-order valence-electron chi connectivity index (χ0n) is 16.4. The van der Waals surface area contributed by atoms with E-state index < -0.39 is 24.4 Å². The van der Waals surface area contributed by atoms with Gasteiger partial charge in [-0.25, -0.2) is 9.69 Å². The largest absolute Gasteiger partial charge is 0.493 e. The summed E-state index contributed by atoms with van der Waals surface area (Å²) in [4.78, 5) is 38.0. The topological polar surface area (TPSA) is 106 Å². The van der Waals surface area contributed by atoms with Gasteiger partial charge in [0.2, 0.25) is 18.4 Å². The van der Waals surface area contributed by atoms with Gasteiger partial charge in [-0.2, -0.15) is 0 Å². The molecular weight excluding hydrogens is 390 g/mol. The number of anilines is 1. The Bertz CT molecular complexity index is 1080. The van der Waals surface area contributed by atoms with Crippen LogP contribution in [0.25, 0.3) is 6.08 Å². The van der Waals surface area contributed by atoms with E-state index in [1.807, 2.05) is 13.0 Å². The molecule has 2 aliphatic rings. The summed E-state index contributed by atoms with van der Waals surface area (Å²) in [7, 11) is 1.49. The highest BCUT2D eigenvalue weighted by Crippen LogP contribution is 2.42. The summed E-state index contributed by atoms with van der Waals surface area (Å²) in [5.41, 5.74) is 2.19. The lowest BCUT2D eigenvalue weighted by Crippen LogP contribution is -2.38. The molecule has 2 aliphatic heterocycles. The second-order valence-electron chi connectivity index (χ2n) is 6.75. The number of carbonyl (C=O) groups is 3. The van der Waals surface area contributed by atoms with Crippen molar-refractivity contribution in [1.29, 1.82) is 0 Å². The van der Waals surface area contributed by atoms with Crippen LogP contribution in [0.3, 0.4) is 0 Å². The van der Waals surface area contributed by atoms with Gasteiger partial charge in [-0.3, -0.25) is 9.59 Å². The molecule has 1 fully saturated rings. The zero-order chi connectivity index (χ0) is 21.3. The highest BCUT2D eigenvalue weighted by atomic mass is 16.7. The van der Waals surface area contributed by atoms with Crippen LogP contribution in [-0.2, 0) is 9.59 Å². The summed E-state index contributed by atoms with van der Waals surface area (Å²) in [6.45, 7) is 1.57. The summed E-state index contributed by atoms with van der Waals surface area (Å²) < 4.78 is 16.0. The third-order valence-corrected chi connectivity index (χ3v) is 4.56. The van der Waals surface area contributed by atoms with Crippen molar-refractivity contribution >= 4 is 29.6 Å². The average molecular weight is 409 g/mol. The highest BCUT2D eigenvalue weighted by Gasteiger charge is 2.35. The van der Waals surface area contributed by atoms with E-state index in [-0.39, 0.29) is 12.5 Å². The SMILES string of the molecule is COc1cc(/C=C2/NC(=O)N(CC(=O)Nc3cccc(C)c3)C2=O)cc2c1OCO2. The number of aryl methyl sites for hydroxylation is 1. The lowest BCUT2D eigenvalue weighted by atomic mass is 10.1. The molecule has 0 spiro atoms. The first-order valence-electron chi connectivity index (χ1n) is 9.13. The van der Waals surface area contributed by atoms with Crippen LogP contribution in [0.2, 0.25) is 0 Å². The number of carbonyl (C=O) groups excluding carboxylic acids is 3. The quantitative estimate of drug-likeness (QED) is 0.580. The summed E-state index contributed by atoms with van der Waals surface area (Å²) in [6.07, 6.45) is 1.49. The van der Waals surface area contributed by atoms with Crippen molar-refractivity contribution in [3.63, 3.8) is 0 Å². The van der Waals surface area contributed by atoms with E-state index in [2.05, 4.69) is 10.6 Å². The van der Waals surface area contributed by atoms with Gasteiger partial charge in [0.05, 0.1) is 7.11 Å². The van der Waals surface area contributed by atoms with Crippen LogP contribution < -0.4 is 24.8 Å². The fourth-order valence-corrected chi connectivity index (χ4v) is 3.18. The van der Waals surface area contributed by atoms with E-state index in [0.29, 0.717) is 28.5 Å². The first-order chi connectivity index (χ1) is 14.4. The van der Waals surface area contributed by atoms with Crippen molar-refractivity contribution in [2.24, 2.45) is 0 Å². The first kappa shape index (κ1) is 19.3. The number of rotatable bonds is 5. The predicted molar refractivity (Wildman–Crippen MR) is 107 cm³/mol. The van der Waals surface area contributed by atoms with E-state index in [0.717, 1.165) is 10.5 Å². The standard InChI is InChI=1S/C21H19N3O6/c1-12-4-3-5-14(6-12)22-18(25)10-24-20(26)15(23-21(24)27)7-13-8-16(28-2)19-17(9-13)29-11-30-19/h3-9H,10-11H2,1-2H3,(H,22,25)(H,23,27)/b15-7+. The van der Waals surface area contributed by atoms with Gasteiger partial charge in [0, 0.05) is 5.69 Å². The van der Waals surface area contributed by atoms with Crippen LogP contribution in [-0.4, -0.2) is 43.2 Å². The molecule has 9 heteroatoms. The van der Waals surface area contributed by atoms with Gasteiger partial charge in [0.25, 0.3) is 5.91 Å². The zero-order valence-corrected chi connectivity index (χ0v) is 16.4. The number of hydrogen-bond donors (Lipinski definition) is 2. The minimum Gasteiger partial charge on any atom is -0.493 e. The third-order valence-electron chi connectivity index (χ3n) is 4.56. The van der Waals surface area contributed by atoms with Gasteiger partial charge in [0.1, 0.15) is 12.2 Å². The molecule has 2 aromatic carbocycles. The lowest BCUT2D eigenvalue weighted by molar-refractivity contribution is -0.127. The average Bonchev–Trinajstić information content (AvgIpc) is 3.27. The third kappa shape index (κ3) is 3.77. The molecular formula is C21H19N3O6. The maximum Gasteiger partial charge on any atom is 0.329 e. The number of nitrogens with one attached hydrogen (secondary N) is 2. The number of imide groups is 1. The fraction of sp³-hybridized carbons (Fsp3) is 0.190. The molecule has 0 aliphatic carbocycles. The fourth-order valence-electron chi connectivity index (χ4n) is 3.18. The minimum atomic E-state index is -0.668. The Hall–Kier alpha value is -4.01. The predicted octanol–water partition coefficient (Wildman–Crippen LogP) is 2.26. The number of amides is 4. The van der Waals surface area contributed by atoms with Crippen molar-refractivity contribution in [2.45, 2.75) is 6.92 Å². The van der Waals surface area contributed by atoms with E-state index in [4.69, 9.17) is 14.2 Å². The maximum absolute atomic E-state index is 12.7. The number of urea groups is 1. The van der Waals surface area contributed by atoms with Crippen LogP contribution in [0.1, 0.15) is 11.1 Å². The number of benzene rings is 2. The second-order valence-corrected chi connectivity index (χ2v) is 6.75. The van der Waals surface area contributed by atoms with Crippen molar-refractivity contribution in [3.05, 3.63) is 53.2 Å². The van der Waals surface area contributed by atoms with Gasteiger partial charge in [-0.15, -0.1) is 0 Å². The number of fused-ring (bicyclic) bond motifs is 1. The molecule has 0 saturated carbocycles. The molecule has 0 bridgehead atoms. The van der Waals surface area contributed by atoms with Crippen LogP contribution in [0, 0.1) is 6.92 Å². The Labute approximate surface area is 172 Å². The second kappa shape index (κ2) is 7.78. The smallest absolute Gasteiger partial charge is 0.329 e. The Morgan fingerprint density at radius 2 is 2.10 bits per heavy atom. The molecule has 2 N–H and O–H groups in total. The normalized spacial score (nSPS) is 16.1. The van der Waals surface area contributed by atoms with Crippen molar-refractivity contribution < 1.29 is 28.6 Å². The summed E-state index contributed by atoms with van der Waals surface area (Å²) in [5.74, 6) is 0.331. The van der Waals surface area contributed by atoms with Crippen molar-refractivity contribution in [2.75, 3.05) is 25.8 Å². The molecule has 0 aromatic heterocycles. The molecule has 0 radical (unpaired) electrons. The number of methoxy groups -OCH3 is 1. The van der Waals surface area contributed by atoms with Gasteiger partial charge >= 0.3 is 6.03 Å². The molecule has 1 saturated heterocycles.